The van der Waals surface area contributed by atoms with Crippen molar-refractivity contribution in [2.75, 3.05) is 23.0 Å². The van der Waals surface area contributed by atoms with E-state index in [2.05, 4.69) is 20.3 Å². The Bertz CT molecular complexity index is 1850. The molecule has 216 valence electrons. The smallest absolute Gasteiger partial charge is 0.285 e. The zero-order chi connectivity index (χ0) is 29.6. The van der Waals surface area contributed by atoms with Crippen molar-refractivity contribution in [1.82, 2.24) is 29.0 Å². The van der Waals surface area contributed by atoms with Gasteiger partial charge in [-0.05, 0) is 44.5 Å². The van der Waals surface area contributed by atoms with Crippen molar-refractivity contribution >= 4 is 50.1 Å². The van der Waals surface area contributed by atoms with E-state index in [1.165, 1.54) is 6.07 Å². The Morgan fingerprint density at radius 2 is 1.98 bits per heavy atom. The van der Waals surface area contributed by atoms with Gasteiger partial charge in [0.05, 0.1) is 34.6 Å². The maximum absolute atomic E-state index is 13.8. The van der Waals surface area contributed by atoms with Gasteiger partial charge in [0.2, 0.25) is 16.0 Å². The number of rotatable bonds is 7. The van der Waals surface area contributed by atoms with Gasteiger partial charge in [0.15, 0.2) is 5.69 Å². The Balaban J connectivity index is 1.58. The van der Waals surface area contributed by atoms with Gasteiger partial charge in [0.1, 0.15) is 5.15 Å². The second-order valence-corrected chi connectivity index (χ2v) is 12.4. The molecule has 1 atom stereocenters. The number of fused-ring (bicyclic) bond motifs is 2. The van der Waals surface area contributed by atoms with Crippen LogP contribution in [0.25, 0.3) is 10.9 Å². The van der Waals surface area contributed by atoms with Crippen molar-refractivity contribution in [1.29, 1.82) is 0 Å². The first kappa shape index (κ1) is 28.6. The predicted molar refractivity (Wildman–Crippen MR) is 158 cm³/mol. The number of hydrogen-bond donors (Lipinski definition) is 2. The highest BCUT2D eigenvalue weighted by atomic mass is 35.5. The summed E-state index contributed by atoms with van der Waals surface area (Å²) in [7, 11) is -1.93. The quantitative estimate of drug-likeness (QED) is 0.307. The van der Waals surface area contributed by atoms with Gasteiger partial charge < -0.3 is 10.2 Å². The molecule has 3 aromatic heterocycles. The summed E-state index contributed by atoms with van der Waals surface area (Å²) >= 11 is 6.03. The molecule has 1 amide bonds. The summed E-state index contributed by atoms with van der Waals surface area (Å²) in [5.41, 5.74) is 4.28. The van der Waals surface area contributed by atoms with Gasteiger partial charge in [-0.3, -0.25) is 18.8 Å². The maximum atomic E-state index is 13.8. The second kappa shape index (κ2) is 10.8. The SMILES string of the molecule is CCn1c(N2CCc3nn(C)cc3C2)nc2c([C@@H](C)Nc3ccc(Cl)nc3C(=O)NS(C)(=O)=O)cc(C)cc2c1=O. The first-order valence-electron chi connectivity index (χ1n) is 13.1. The Hall–Kier alpha value is -3.97. The van der Waals surface area contributed by atoms with Crippen LogP contribution in [0.3, 0.4) is 0 Å². The van der Waals surface area contributed by atoms with Crippen LogP contribution < -0.4 is 20.5 Å². The summed E-state index contributed by atoms with van der Waals surface area (Å²) in [6.07, 6.45) is 3.62. The van der Waals surface area contributed by atoms with Crippen molar-refractivity contribution in [3.8, 4) is 0 Å². The van der Waals surface area contributed by atoms with E-state index >= 15 is 0 Å². The third-order valence-corrected chi connectivity index (χ3v) is 7.74. The maximum Gasteiger partial charge on any atom is 0.285 e. The van der Waals surface area contributed by atoms with Crippen LogP contribution in [0.4, 0.5) is 11.6 Å². The van der Waals surface area contributed by atoms with Crippen LogP contribution in [-0.2, 0) is 36.6 Å². The number of aromatic nitrogens is 5. The van der Waals surface area contributed by atoms with E-state index in [1.54, 1.807) is 15.3 Å². The number of nitrogens with zero attached hydrogens (tertiary/aromatic N) is 6. The fourth-order valence-electron chi connectivity index (χ4n) is 5.22. The van der Waals surface area contributed by atoms with E-state index in [0.29, 0.717) is 36.5 Å². The zero-order valence-electron chi connectivity index (χ0n) is 23.4. The number of aryl methyl sites for hydroxylation is 2. The lowest BCUT2D eigenvalue weighted by atomic mass is 10.0. The highest BCUT2D eigenvalue weighted by Gasteiger charge is 2.26. The number of halogens is 1. The lowest BCUT2D eigenvalue weighted by Gasteiger charge is -2.30. The monoisotopic (exact) mass is 598 g/mol. The molecule has 0 fully saturated rings. The molecular formula is C27H31ClN8O4S. The minimum atomic E-state index is -3.83. The standard InChI is InChI=1S/C27H31ClN8O4S/c1-6-36-26(38)19-12-15(2)11-18(23(19)31-27(36)35-10-9-20-17(14-35)13-34(4)32-20)16(3)29-21-7-8-22(28)30-24(21)25(37)33-41(5,39)40/h7-8,11-13,16,29H,6,9-10,14H2,1-5H3,(H,33,37)/t16-/m1/s1. The van der Waals surface area contributed by atoms with Gasteiger partial charge in [0.25, 0.3) is 11.5 Å². The summed E-state index contributed by atoms with van der Waals surface area (Å²) in [6.45, 7) is 7.42. The predicted octanol–water partition coefficient (Wildman–Crippen LogP) is 2.93. The molecule has 0 aliphatic carbocycles. The molecule has 12 nitrogen and oxygen atoms in total. The number of nitrogens with one attached hydrogen (secondary N) is 2. The summed E-state index contributed by atoms with van der Waals surface area (Å²) < 4.78 is 28.8. The number of sulfonamides is 1. The van der Waals surface area contributed by atoms with Gasteiger partial charge >= 0.3 is 0 Å². The molecule has 0 saturated carbocycles. The van der Waals surface area contributed by atoms with Crippen molar-refractivity contribution < 1.29 is 13.2 Å². The van der Waals surface area contributed by atoms with Gasteiger partial charge in [0, 0.05) is 50.4 Å². The fourth-order valence-corrected chi connectivity index (χ4v) is 5.80. The number of carbonyl (C=O) groups excluding carboxylic acids is 1. The van der Waals surface area contributed by atoms with Crippen LogP contribution in [0.5, 0.6) is 0 Å². The van der Waals surface area contributed by atoms with Crippen LogP contribution >= 0.6 is 11.6 Å². The number of pyridine rings is 1. The number of hydrogen-bond acceptors (Lipinski definition) is 9. The topological polar surface area (TPSA) is 144 Å². The van der Waals surface area contributed by atoms with Crippen LogP contribution in [0, 0.1) is 6.92 Å². The molecule has 14 heteroatoms. The molecule has 0 saturated heterocycles. The van der Waals surface area contributed by atoms with Gasteiger partial charge in [-0.15, -0.1) is 0 Å². The zero-order valence-corrected chi connectivity index (χ0v) is 25.0. The molecule has 0 bridgehead atoms. The number of carbonyl (C=O) groups is 1. The molecule has 0 spiro atoms. The minimum absolute atomic E-state index is 0.0348. The van der Waals surface area contributed by atoms with E-state index in [9.17, 15) is 18.0 Å². The summed E-state index contributed by atoms with van der Waals surface area (Å²) in [5.74, 6) is -0.330. The summed E-state index contributed by atoms with van der Waals surface area (Å²) in [5, 5.41) is 8.31. The molecule has 0 unspecified atom stereocenters. The van der Waals surface area contributed by atoms with Crippen LogP contribution in [0.2, 0.25) is 5.15 Å². The minimum Gasteiger partial charge on any atom is -0.377 e. The molecule has 2 N–H and O–H groups in total. The summed E-state index contributed by atoms with van der Waals surface area (Å²) in [6, 6.07) is 6.39. The second-order valence-electron chi connectivity index (χ2n) is 10.3. The molecule has 4 aromatic rings. The average Bonchev–Trinajstić information content (AvgIpc) is 3.27. The highest BCUT2D eigenvalue weighted by molar-refractivity contribution is 7.89. The molecule has 1 aliphatic heterocycles. The van der Waals surface area contributed by atoms with Crippen LogP contribution in [0.15, 0.2) is 35.3 Å². The van der Waals surface area contributed by atoms with E-state index in [0.717, 1.165) is 35.1 Å². The fraction of sp³-hybridized carbons (Fsp3) is 0.370. The van der Waals surface area contributed by atoms with Gasteiger partial charge in [-0.1, -0.05) is 17.7 Å². The summed E-state index contributed by atoms with van der Waals surface area (Å²) in [4.78, 5) is 37.7. The Morgan fingerprint density at radius 3 is 2.68 bits per heavy atom. The average molecular weight is 599 g/mol. The molecule has 5 rings (SSSR count). The lowest BCUT2D eigenvalue weighted by Crippen LogP contribution is -2.36. The first-order chi connectivity index (χ1) is 19.3. The normalized spacial score (nSPS) is 14.1. The lowest BCUT2D eigenvalue weighted by molar-refractivity contribution is 0.0977. The number of benzene rings is 1. The first-order valence-corrected chi connectivity index (χ1v) is 15.4. The molecule has 1 aliphatic rings. The number of amides is 1. The van der Waals surface area contributed by atoms with Gasteiger partial charge in [-0.25, -0.2) is 23.1 Å². The number of anilines is 2. The Morgan fingerprint density at radius 1 is 1.22 bits per heavy atom. The van der Waals surface area contributed by atoms with Crippen LogP contribution in [0.1, 0.15) is 52.8 Å². The Kier molecular flexibility index (Phi) is 7.51. The van der Waals surface area contributed by atoms with Crippen molar-refractivity contribution in [2.45, 2.75) is 46.3 Å². The molecule has 0 radical (unpaired) electrons. The van der Waals surface area contributed by atoms with Gasteiger partial charge in [-0.2, -0.15) is 5.10 Å². The molecule has 41 heavy (non-hydrogen) atoms. The van der Waals surface area contributed by atoms with Crippen LogP contribution in [-0.4, -0.2) is 51.4 Å². The molecular weight excluding hydrogens is 568 g/mol. The van der Waals surface area contributed by atoms with E-state index in [4.69, 9.17) is 16.6 Å². The Labute approximate surface area is 242 Å². The van der Waals surface area contributed by atoms with Crippen molar-refractivity contribution in [2.24, 2.45) is 7.05 Å². The third-order valence-electron chi connectivity index (χ3n) is 6.98. The molecule has 4 heterocycles. The van der Waals surface area contributed by atoms with E-state index in [1.807, 2.05) is 50.9 Å². The van der Waals surface area contributed by atoms with E-state index < -0.39 is 22.0 Å². The largest absolute Gasteiger partial charge is 0.377 e. The highest BCUT2D eigenvalue weighted by Crippen LogP contribution is 2.30. The van der Waals surface area contributed by atoms with Crippen molar-refractivity contribution in [3.05, 3.63) is 74.0 Å². The van der Waals surface area contributed by atoms with Crippen molar-refractivity contribution in [3.63, 3.8) is 0 Å². The third kappa shape index (κ3) is 5.77. The molecule has 1 aromatic carbocycles. The van der Waals surface area contributed by atoms with E-state index in [-0.39, 0.29) is 22.1 Å².